The van der Waals surface area contributed by atoms with Crippen LogP contribution in [-0.2, 0) is 4.79 Å². The summed E-state index contributed by atoms with van der Waals surface area (Å²) in [5.74, 6) is -0.958. The van der Waals surface area contributed by atoms with Crippen molar-refractivity contribution < 1.29 is 14.7 Å². The van der Waals surface area contributed by atoms with E-state index in [9.17, 15) is 9.59 Å². The number of amides is 1. The Labute approximate surface area is 115 Å². The highest BCUT2D eigenvalue weighted by molar-refractivity contribution is 5.94. The van der Waals surface area contributed by atoms with Gasteiger partial charge < -0.3 is 15.0 Å². The molecule has 0 radical (unpaired) electrons. The number of aromatic nitrogens is 2. The van der Waals surface area contributed by atoms with E-state index in [4.69, 9.17) is 5.11 Å². The van der Waals surface area contributed by atoms with Crippen molar-refractivity contribution in [3.63, 3.8) is 0 Å². The van der Waals surface area contributed by atoms with Crippen molar-refractivity contribution in [2.24, 2.45) is 5.92 Å². The van der Waals surface area contributed by atoms with Crippen LogP contribution in [-0.4, -0.2) is 44.9 Å². The number of imidazole rings is 1. The molecule has 1 amide bonds. The number of fused-ring (bicyclic) bond motifs is 1. The summed E-state index contributed by atoms with van der Waals surface area (Å²) in [5.41, 5.74) is 1.59. The van der Waals surface area contributed by atoms with Gasteiger partial charge in [-0.05, 0) is 25.0 Å². The minimum Gasteiger partial charge on any atom is -0.481 e. The third-order valence-electron chi connectivity index (χ3n) is 3.72. The lowest BCUT2D eigenvalue weighted by atomic mass is 9.97. The van der Waals surface area contributed by atoms with E-state index >= 15 is 0 Å². The Balaban J connectivity index is 1.75. The summed E-state index contributed by atoms with van der Waals surface area (Å²) in [6.07, 6.45) is 1.00. The van der Waals surface area contributed by atoms with Crippen LogP contribution in [0.2, 0.25) is 0 Å². The molecule has 1 fully saturated rings. The second-order valence-electron chi connectivity index (χ2n) is 5.01. The van der Waals surface area contributed by atoms with E-state index in [1.165, 1.54) is 0 Å². The molecule has 6 heteroatoms. The normalized spacial score (nSPS) is 16.5. The summed E-state index contributed by atoms with van der Waals surface area (Å²) in [7, 11) is 0. The number of likely N-dealkylation sites (tertiary alicyclic amines) is 1. The van der Waals surface area contributed by atoms with Gasteiger partial charge >= 0.3 is 5.97 Å². The molecule has 1 saturated heterocycles. The lowest BCUT2D eigenvalue weighted by Crippen LogP contribution is -2.40. The lowest BCUT2D eigenvalue weighted by Gasteiger charge is -2.29. The van der Waals surface area contributed by atoms with Gasteiger partial charge in [0.25, 0.3) is 5.91 Å². The fourth-order valence-electron chi connectivity index (χ4n) is 2.53. The fourth-order valence-corrected chi connectivity index (χ4v) is 2.53. The van der Waals surface area contributed by atoms with E-state index in [-0.39, 0.29) is 11.8 Å². The van der Waals surface area contributed by atoms with Gasteiger partial charge in [0.1, 0.15) is 0 Å². The summed E-state index contributed by atoms with van der Waals surface area (Å²) in [5, 5.41) is 8.95. The number of aliphatic carboxylic acids is 1. The largest absolute Gasteiger partial charge is 0.481 e. The highest BCUT2D eigenvalue weighted by Crippen LogP contribution is 2.19. The number of hydrogen-bond donors (Lipinski definition) is 2. The molecule has 0 atom stereocenters. The molecule has 1 aromatic carbocycles. The Morgan fingerprint density at radius 3 is 2.60 bits per heavy atom. The van der Waals surface area contributed by atoms with Gasteiger partial charge in [-0.15, -0.1) is 0 Å². The van der Waals surface area contributed by atoms with Crippen LogP contribution in [0.3, 0.4) is 0 Å². The van der Waals surface area contributed by atoms with Gasteiger partial charge in [-0.3, -0.25) is 9.59 Å². The Morgan fingerprint density at radius 2 is 1.95 bits per heavy atom. The number of para-hydroxylation sites is 2. The number of carboxylic acids is 1. The maximum atomic E-state index is 12.3. The van der Waals surface area contributed by atoms with Gasteiger partial charge in [-0.2, -0.15) is 0 Å². The molecule has 6 nitrogen and oxygen atoms in total. The number of carboxylic acid groups (broad SMARTS) is 1. The Hall–Kier alpha value is -2.37. The zero-order valence-corrected chi connectivity index (χ0v) is 10.9. The Kier molecular flexibility index (Phi) is 3.14. The first-order valence-corrected chi connectivity index (χ1v) is 6.62. The summed E-state index contributed by atoms with van der Waals surface area (Å²) in [4.78, 5) is 32.2. The third-order valence-corrected chi connectivity index (χ3v) is 3.72. The topological polar surface area (TPSA) is 86.3 Å². The number of nitrogens with one attached hydrogen (secondary N) is 1. The van der Waals surface area contributed by atoms with Gasteiger partial charge in [0, 0.05) is 13.1 Å². The van der Waals surface area contributed by atoms with Crippen molar-refractivity contribution in [1.29, 1.82) is 0 Å². The summed E-state index contributed by atoms with van der Waals surface area (Å²) in [6, 6.07) is 7.47. The maximum absolute atomic E-state index is 12.3. The molecule has 0 aliphatic carbocycles. The van der Waals surface area contributed by atoms with Crippen LogP contribution < -0.4 is 0 Å². The summed E-state index contributed by atoms with van der Waals surface area (Å²) >= 11 is 0. The number of nitrogens with zero attached hydrogens (tertiary/aromatic N) is 2. The fraction of sp³-hybridized carbons (Fsp3) is 0.357. The number of hydrogen-bond acceptors (Lipinski definition) is 3. The number of H-pyrrole nitrogens is 1. The first-order valence-electron chi connectivity index (χ1n) is 6.62. The van der Waals surface area contributed by atoms with Gasteiger partial charge in [-0.25, -0.2) is 4.98 Å². The van der Waals surface area contributed by atoms with Crippen molar-refractivity contribution in [2.75, 3.05) is 13.1 Å². The van der Waals surface area contributed by atoms with E-state index in [0.717, 1.165) is 11.0 Å². The quantitative estimate of drug-likeness (QED) is 0.868. The van der Waals surface area contributed by atoms with E-state index in [1.807, 2.05) is 24.3 Å². The van der Waals surface area contributed by atoms with Gasteiger partial charge in [0.2, 0.25) is 0 Å². The molecule has 0 unspecified atom stereocenters. The number of carbonyl (C=O) groups excluding carboxylic acids is 1. The highest BCUT2D eigenvalue weighted by Gasteiger charge is 2.28. The van der Waals surface area contributed by atoms with E-state index in [1.54, 1.807) is 4.90 Å². The van der Waals surface area contributed by atoms with Crippen LogP contribution in [0.15, 0.2) is 24.3 Å². The minimum atomic E-state index is -0.777. The highest BCUT2D eigenvalue weighted by atomic mass is 16.4. The van der Waals surface area contributed by atoms with Crippen molar-refractivity contribution >= 4 is 22.9 Å². The van der Waals surface area contributed by atoms with Crippen molar-refractivity contribution in [3.05, 3.63) is 30.1 Å². The molecule has 2 heterocycles. The van der Waals surface area contributed by atoms with Crippen LogP contribution in [0.4, 0.5) is 0 Å². The SMILES string of the molecule is O=C(O)C1CCN(C(=O)c2nc3ccccc3[nH]2)CC1. The van der Waals surface area contributed by atoms with Crippen LogP contribution in [0.1, 0.15) is 23.5 Å². The Morgan fingerprint density at radius 1 is 1.25 bits per heavy atom. The van der Waals surface area contributed by atoms with Crippen molar-refractivity contribution in [3.8, 4) is 0 Å². The van der Waals surface area contributed by atoms with Gasteiger partial charge in [-0.1, -0.05) is 12.1 Å². The van der Waals surface area contributed by atoms with E-state index < -0.39 is 5.97 Å². The molecular weight excluding hydrogens is 258 g/mol. The first kappa shape index (κ1) is 12.7. The van der Waals surface area contributed by atoms with Gasteiger partial charge in [0.15, 0.2) is 5.82 Å². The molecule has 2 N–H and O–H groups in total. The molecule has 104 valence electrons. The van der Waals surface area contributed by atoms with Crippen LogP contribution in [0.25, 0.3) is 11.0 Å². The van der Waals surface area contributed by atoms with Crippen LogP contribution in [0.5, 0.6) is 0 Å². The third kappa shape index (κ3) is 2.24. The predicted octanol–water partition coefficient (Wildman–Crippen LogP) is 1.50. The van der Waals surface area contributed by atoms with Gasteiger partial charge in [0.05, 0.1) is 17.0 Å². The average Bonchev–Trinajstić information content (AvgIpc) is 2.90. The zero-order valence-electron chi connectivity index (χ0n) is 10.9. The van der Waals surface area contributed by atoms with Crippen LogP contribution >= 0.6 is 0 Å². The summed E-state index contributed by atoms with van der Waals surface area (Å²) < 4.78 is 0. The standard InChI is InChI=1S/C14H15N3O3/c18-13(17-7-5-9(6-8-17)14(19)20)12-15-10-3-1-2-4-11(10)16-12/h1-4,9H,5-8H2,(H,15,16)(H,19,20). The number of carbonyl (C=O) groups is 2. The zero-order chi connectivity index (χ0) is 14.1. The maximum Gasteiger partial charge on any atom is 0.306 e. The molecule has 1 aliphatic rings. The summed E-state index contributed by atoms with van der Waals surface area (Å²) in [6.45, 7) is 0.930. The number of benzene rings is 1. The molecule has 2 aromatic rings. The molecule has 1 aromatic heterocycles. The molecule has 1 aliphatic heterocycles. The second kappa shape index (κ2) is 4.96. The molecule has 0 saturated carbocycles. The van der Waals surface area contributed by atoms with Crippen molar-refractivity contribution in [2.45, 2.75) is 12.8 Å². The van der Waals surface area contributed by atoms with E-state index in [0.29, 0.717) is 31.8 Å². The number of rotatable bonds is 2. The molecule has 0 spiro atoms. The predicted molar refractivity (Wildman–Crippen MR) is 72.4 cm³/mol. The second-order valence-corrected chi connectivity index (χ2v) is 5.01. The number of aromatic amines is 1. The Bertz CT molecular complexity index is 623. The molecule has 0 bridgehead atoms. The molecular formula is C14H15N3O3. The monoisotopic (exact) mass is 273 g/mol. The molecule has 3 rings (SSSR count). The van der Waals surface area contributed by atoms with E-state index in [2.05, 4.69) is 9.97 Å². The average molecular weight is 273 g/mol. The first-order chi connectivity index (χ1) is 9.65. The minimum absolute atomic E-state index is 0.162. The van der Waals surface area contributed by atoms with Crippen LogP contribution in [0, 0.1) is 5.92 Å². The lowest BCUT2D eigenvalue weighted by molar-refractivity contribution is -0.143. The smallest absolute Gasteiger partial charge is 0.306 e. The van der Waals surface area contributed by atoms with Crippen molar-refractivity contribution in [1.82, 2.24) is 14.9 Å². The number of piperidine rings is 1. The molecule has 20 heavy (non-hydrogen) atoms.